The number of hydrogen-bond donors (Lipinski definition) is 0. The number of thioether (sulfide) groups is 2. The van der Waals surface area contributed by atoms with Crippen LogP contribution in [-0.2, 0) is 11.3 Å². The molecule has 2 aliphatic heterocycles. The summed E-state index contributed by atoms with van der Waals surface area (Å²) in [5.74, 6) is -0.0203. The van der Waals surface area contributed by atoms with Crippen LogP contribution in [0.2, 0.25) is 0 Å². The van der Waals surface area contributed by atoms with Crippen molar-refractivity contribution in [1.82, 2.24) is 9.88 Å². The van der Waals surface area contributed by atoms with Gasteiger partial charge < -0.3 is 4.90 Å². The van der Waals surface area contributed by atoms with Gasteiger partial charge in [0.2, 0.25) is 0 Å². The van der Waals surface area contributed by atoms with Crippen LogP contribution < -0.4 is 4.90 Å². The lowest BCUT2D eigenvalue weighted by Gasteiger charge is -2.17. The highest BCUT2D eigenvalue weighted by molar-refractivity contribution is 8.19. The number of fused-ring (bicyclic) bond motifs is 2. The maximum atomic E-state index is 13.8. The summed E-state index contributed by atoms with van der Waals surface area (Å²) in [6, 6.07) is 28.1. The van der Waals surface area contributed by atoms with Crippen LogP contribution in [0.5, 0.6) is 0 Å². The molecule has 0 bridgehead atoms. The Labute approximate surface area is 206 Å². The van der Waals surface area contributed by atoms with Crippen molar-refractivity contribution in [3.8, 4) is 0 Å². The molecule has 0 spiro atoms. The van der Waals surface area contributed by atoms with Gasteiger partial charge in [0.25, 0.3) is 5.91 Å². The molecule has 0 N–H and O–H groups in total. The maximum absolute atomic E-state index is 13.8. The molecule has 1 saturated heterocycles. The first-order valence-corrected chi connectivity index (χ1v) is 12.5. The summed E-state index contributed by atoms with van der Waals surface area (Å²) in [4.78, 5) is 29.0. The van der Waals surface area contributed by atoms with Crippen molar-refractivity contribution in [3.63, 3.8) is 0 Å². The minimum Gasteiger partial charge on any atom is -0.337 e. The van der Waals surface area contributed by atoms with Crippen LogP contribution in [0, 0.1) is 0 Å². The Morgan fingerprint density at radius 1 is 0.882 bits per heavy atom. The molecule has 3 aromatic carbocycles. The van der Waals surface area contributed by atoms with E-state index in [-0.39, 0.29) is 5.91 Å². The van der Waals surface area contributed by atoms with Gasteiger partial charge in [-0.05, 0) is 53.7 Å². The molecule has 0 radical (unpaired) electrons. The number of anilines is 1. The van der Waals surface area contributed by atoms with Crippen molar-refractivity contribution in [1.29, 1.82) is 0 Å². The molecule has 1 aromatic heterocycles. The molecule has 3 heterocycles. The Morgan fingerprint density at radius 2 is 1.71 bits per heavy atom. The number of hydrogen-bond acceptors (Lipinski definition) is 6. The molecule has 7 heteroatoms. The summed E-state index contributed by atoms with van der Waals surface area (Å²) < 4.78 is 0. The third-order valence-electron chi connectivity index (χ3n) is 5.82. The third kappa shape index (κ3) is 3.67. The monoisotopic (exact) mass is 480 g/mol. The fourth-order valence-corrected chi connectivity index (χ4v) is 6.45. The SMILES string of the molecule is CN1/C(=C2/SC(=Nc3cccc4ncccc34)N(Cc3ccccc3)C2=O)Sc2ccccc21. The smallest absolute Gasteiger partial charge is 0.269 e. The molecule has 1 fully saturated rings. The molecule has 0 unspecified atom stereocenters. The van der Waals surface area contributed by atoms with E-state index in [4.69, 9.17) is 4.99 Å². The second kappa shape index (κ2) is 8.66. The van der Waals surface area contributed by atoms with E-state index in [9.17, 15) is 4.79 Å². The number of nitrogens with zero attached hydrogens (tertiary/aromatic N) is 4. The minimum atomic E-state index is -0.0203. The van der Waals surface area contributed by atoms with Gasteiger partial charge in [0, 0.05) is 23.5 Å². The first-order chi connectivity index (χ1) is 16.7. The van der Waals surface area contributed by atoms with E-state index in [0.29, 0.717) is 16.6 Å². The number of amidine groups is 1. The molecular weight excluding hydrogens is 460 g/mol. The second-order valence-corrected chi connectivity index (χ2v) is 9.99. The quantitative estimate of drug-likeness (QED) is 0.317. The van der Waals surface area contributed by atoms with Crippen molar-refractivity contribution in [3.05, 3.63) is 107 Å². The Bertz CT molecular complexity index is 1480. The molecule has 1 amide bonds. The van der Waals surface area contributed by atoms with Crippen LogP contribution in [0.25, 0.3) is 10.9 Å². The molecule has 4 aromatic rings. The summed E-state index contributed by atoms with van der Waals surface area (Å²) in [6.07, 6.45) is 1.78. The van der Waals surface area contributed by atoms with Crippen molar-refractivity contribution in [2.24, 2.45) is 4.99 Å². The number of amides is 1. The molecule has 0 saturated carbocycles. The lowest BCUT2D eigenvalue weighted by Crippen LogP contribution is -2.29. The van der Waals surface area contributed by atoms with E-state index in [0.717, 1.165) is 37.8 Å². The summed E-state index contributed by atoms with van der Waals surface area (Å²) in [5, 5.41) is 2.59. The fourth-order valence-electron chi connectivity index (χ4n) is 4.11. The minimum absolute atomic E-state index is 0.0203. The van der Waals surface area contributed by atoms with Crippen molar-refractivity contribution in [2.45, 2.75) is 11.4 Å². The summed E-state index contributed by atoms with van der Waals surface area (Å²) in [5.41, 5.74) is 3.86. The zero-order chi connectivity index (χ0) is 23.1. The highest BCUT2D eigenvalue weighted by Gasteiger charge is 2.39. The van der Waals surface area contributed by atoms with Crippen LogP contribution in [0.1, 0.15) is 5.56 Å². The summed E-state index contributed by atoms with van der Waals surface area (Å²) in [6.45, 7) is 0.465. The van der Waals surface area contributed by atoms with E-state index in [1.165, 1.54) is 11.8 Å². The highest BCUT2D eigenvalue weighted by atomic mass is 32.2. The number of benzene rings is 3. The zero-order valence-electron chi connectivity index (χ0n) is 18.4. The molecule has 5 nitrogen and oxygen atoms in total. The van der Waals surface area contributed by atoms with Crippen molar-refractivity contribution >= 4 is 56.9 Å². The average Bonchev–Trinajstić information content (AvgIpc) is 3.36. The molecule has 2 aliphatic rings. The van der Waals surface area contributed by atoms with Gasteiger partial charge in [0.1, 0.15) is 4.91 Å². The normalized spacial score (nSPS) is 18.9. The molecule has 0 atom stereocenters. The summed E-state index contributed by atoms with van der Waals surface area (Å²) in [7, 11) is 2.02. The highest BCUT2D eigenvalue weighted by Crippen LogP contribution is 2.50. The molecule has 166 valence electrons. The van der Waals surface area contributed by atoms with Gasteiger partial charge in [0.15, 0.2) is 5.17 Å². The van der Waals surface area contributed by atoms with Gasteiger partial charge >= 0.3 is 0 Å². The number of aromatic nitrogens is 1. The Hall–Kier alpha value is -3.55. The fraction of sp³-hybridized carbons (Fsp3) is 0.0741. The maximum Gasteiger partial charge on any atom is 0.269 e. The van der Waals surface area contributed by atoms with E-state index in [1.807, 2.05) is 79.8 Å². The number of rotatable bonds is 3. The number of carbonyl (C=O) groups is 1. The van der Waals surface area contributed by atoms with Gasteiger partial charge in [0.05, 0.1) is 28.5 Å². The molecular formula is C27H20N4OS2. The van der Waals surface area contributed by atoms with E-state index in [2.05, 4.69) is 22.0 Å². The standard InChI is InChI=1S/C27H20N4OS2/c1-30-22-14-5-6-15-23(22)33-26(30)24-25(32)31(17-18-9-3-2-4-10-18)27(34-24)29-21-13-7-12-20-19(21)11-8-16-28-20/h2-16H,17H2,1H3/b26-24-,29-27?. The van der Waals surface area contributed by atoms with Crippen LogP contribution >= 0.6 is 23.5 Å². The van der Waals surface area contributed by atoms with E-state index >= 15 is 0 Å². The summed E-state index contributed by atoms with van der Waals surface area (Å²) >= 11 is 3.08. The van der Waals surface area contributed by atoms with Gasteiger partial charge in [-0.2, -0.15) is 0 Å². The Balaban J connectivity index is 1.45. The zero-order valence-corrected chi connectivity index (χ0v) is 20.0. The number of pyridine rings is 1. The topological polar surface area (TPSA) is 48.8 Å². The van der Waals surface area contributed by atoms with Gasteiger partial charge in [-0.1, -0.05) is 60.3 Å². The Kier molecular flexibility index (Phi) is 5.36. The second-order valence-electron chi connectivity index (χ2n) is 7.98. The largest absolute Gasteiger partial charge is 0.337 e. The van der Waals surface area contributed by atoms with Gasteiger partial charge in [-0.25, -0.2) is 4.99 Å². The van der Waals surface area contributed by atoms with Crippen LogP contribution in [0.3, 0.4) is 0 Å². The van der Waals surface area contributed by atoms with Crippen molar-refractivity contribution in [2.75, 3.05) is 11.9 Å². The number of carbonyl (C=O) groups excluding carboxylic acids is 1. The average molecular weight is 481 g/mol. The van der Waals surface area contributed by atoms with Crippen LogP contribution in [-0.4, -0.2) is 28.0 Å². The predicted octanol–water partition coefficient (Wildman–Crippen LogP) is 6.41. The van der Waals surface area contributed by atoms with E-state index in [1.54, 1.807) is 22.9 Å². The number of aliphatic imine (C=N–C) groups is 1. The van der Waals surface area contributed by atoms with Crippen LogP contribution in [0.4, 0.5) is 11.4 Å². The van der Waals surface area contributed by atoms with Crippen LogP contribution in [0.15, 0.2) is 111 Å². The molecule has 34 heavy (non-hydrogen) atoms. The van der Waals surface area contributed by atoms with E-state index < -0.39 is 0 Å². The lowest BCUT2D eigenvalue weighted by atomic mass is 10.2. The van der Waals surface area contributed by atoms with Gasteiger partial charge in [-0.15, -0.1) is 0 Å². The number of para-hydroxylation sites is 1. The van der Waals surface area contributed by atoms with Crippen molar-refractivity contribution < 1.29 is 4.79 Å². The first kappa shape index (κ1) is 21.0. The Morgan fingerprint density at radius 3 is 2.56 bits per heavy atom. The molecule has 6 rings (SSSR count). The molecule has 0 aliphatic carbocycles. The van der Waals surface area contributed by atoms with Gasteiger partial charge in [-0.3, -0.25) is 14.7 Å². The predicted molar refractivity (Wildman–Crippen MR) is 141 cm³/mol. The lowest BCUT2D eigenvalue weighted by molar-refractivity contribution is -0.122. The third-order valence-corrected chi connectivity index (χ3v) is 8.25. The first-order valence-electron chi connectivity index (χ1n) is 10.9.